The van der Waals surface area contributed by atoms with Gasteiger partial charge in [-0.05, 0) is 6.26 Å². The number of aromatic nitrogens is 2. The van der Waals surface area contributed by atoms with Crippen molar-refractivity contribution in [2.45, 2.75) is 18.3 Å². The second-order valence-electron chi connectivity index (χ2n) is 2.83. The first-order valence-corrected chi connectivity index (χ1v) is 5.72. The maximum Gasteiger partial charge on any atom is 0.229 e. The molecule has 0 bridgehead atoms. The minimum atomic E-state index is -0.0439. The van der Waals surface area contributed by atoms with Gasteiger partial charge < -0.3 is 15.0 Å². The third kappa shape index (κ3) is 3.28. The molecular formula is C8H15N3O2S. The zero-order valence-corrected chi connectivity index (χ0v) is 9.21. The Morgan fingerprint density at radius 3 is 3.00 bits per heavy atom. The molecule has 0 spiro atoms. The van der Waals surface area contributed by atoms with Crippen LogP contribution in [0.3, 0.4) is 0 Å². The van der Waals surface area contributed by atoms with Crippen molar-refractivity contribution in [1.82, 2.24) is 10.1 Å². The molecule has 0 amide bonds. The van der Waals surface area contributed by atoms with Gasteiger partial charge in [-0.15, -0.1) is 0 Å². The average Bonchev–Trinajstić information content (AvgIpc) is 2.63. The van der Waals surface area contributed by atoms with Crippen molar-refractivity contribution in [2.75, 3.05) is 19.9 Å². The number of methoxy groups -OCH3 is 1. The summed E-state index contributed by atoms with van der Waals surface area (Å²) < 4.78 is 10.2. The zero-order chi connectivity index (χ0) is 10.4. The summed E-state index contributed by atoms with van der Waals surface area (Å²) in [5.74, 6) is 2.08. The lowest BCUT2D eigenvalue weighted by atomic mass is 10.2. The standard InChI is InChI=1S/C8H15N3O2S/c1-12-6(4-9)3-8-10-7(5-14-2)11-13-8/h6H,3-5,9H2,1-2H3. The second-order valence-corrected chi connectivity index (χ2v) is 3.70. The van der Waals surface area contributed by atoms with Gasteiger partial charge in [-0.25, -0.2) is 0 Å². The summed E-state index contributed by atoms with van der Waals surface area (Å²) in [7, 11) is 1.62. The van der Waals surface area contributed by atoms with E-state index < -0.39 is 0 Å². The average molecular weight is 217 g/mol. The minimum Gasteiger partial charge on any atom is -0.380 e. The molecule has 1 aromatic rings. The maximum absolute atomic E-state index is 5.48. The lowest BCUT2D eigenvalue weighted by Crippen LogP contribution is -2.24. The van der Waals surface area contributed by atoms with Crippen LogP contribution < -0.4 is 5.73 Å². The number of thioether (sulfide) groups is 1. The molecule has 1 unspecified atom stereocenters. The van der Waals surface area contributed by atoms with E-state index >= 15 is 0 Å². The molecule has 5 nitrogen and oxygen atoms in total. The Morgan fingerprint density at radius 2 is 2.43 bits per heavy atom. The van der Waals surface area contributed by atoms with Crippen LogP contribution in [0.2, 0.25) is 0 Å². The lowest BCUT2D eigenvalue weighted by Gasteiger charge is -2.08. The Kier molecular flexibility index (Phi) is 4.92. The third-order valence-electron chi connectivity index (χ3n) is 1.78. The molecule has 1 heterocycles. The largest absolute Gasteiger partial charge is 0.380 e. The smallest absolute Gasteiger partial charge is 0.229 e. The van der Waals surface area contributed by atoms with Gasteiger partial charge in [-0.3, -0.25) is 0 Å². The first kappa shape index (κ1) is 11.5. The normalized spacial score (nSPS) is 13.1. The van der Waals surface area contributed by atoms with E-state index in [9.17, 15) is 0 Å². The van der Waals surface area contributed by atoms with Crippen LogP contribution in [-0.2, 0) is 16.9 Å². The number of hydrogen-bond acceptors (Lipinski definition) is 6. The van der Waals surface area contributed by atoms with E-state index in [0.29, 0.717) is 18.9 Å². The van der Waals surface area contributed by atoms with Crippen LogP contribution in [0.4, 0.5) is 0 Å². The highest BCUT2D eigenvalue weighted by Crippen LogP contribution is 2.07. The molecule has 2 N–H and O–H groups in total. The van der Waals surface area contributed by atoms with Crippen molar-refractivity contribution < 1.29 is 9.26 Å². The summed E-state index contributed by atoms with van der Waals surface area (Å²) in [6.45, 7) is 0.455. The van der Waals surface area contributed by atoms with Crippen LogP contribution in [-0.4, -0.2) is 36.2 Å². The molecule has 0 radical (unpaired) electrons. The molecule has 0 fully saturated rings. The highest BCUT2D eigenvalue weighted by atomic mass is 32.2. The summed E-state index contributed by atoms with van der Waals surface area (Å²) in [4.78, 5) is 4.20. The van der Waals surface area contributed by atoms with Crippen LogP contribution in [0.5, 0.6) is 0 Å². The SMILES string of the molecule is COC(CN)Cc1nc(CSC)no1. The fourth-order valence-electron chi connectivity index (χ4n) is 1.02. The third-order valence-corrected chi connectivity index (χ3v) is 2.33. The summed E-state index contributed by atoms with van der Waals surface area (Å²) in [6, 6.07) is 0. The first-order valence-electron chi connectivity index (χ1n) is 4.33. The predicted molar refractivity (Wildman–Crippen MR) is 55.1 cm³/mol. The molecular weight excluding hydrogens is 202 g/mol. The fraction of sp³-hybridized carbons (Fsp3) is 0.750. The number of nitrogens with two attached hydrogens (primary N) is 1. The van der Waals surface area contributed by atoms with Gasteiger partial charge in [0.1, 0.15) is 0 Å². The van der Waals surface area contributed by atoms with E-state index in [1.807, 2.05) is 6.26 Å². The van der Waals surface area contributed by atoms with Crippen LogP contribution in [0.25, 0.3) is 0 Å². The quantitative estimate of drug-likeness (QED) is 0.745. The van der Waals surface area contributed by atoms with Gasteiger partial charge in [0.15, 0.2) is 5.82 Å². The maximum atomic E-state index is 5.48. The Labute approximate surface area is 87.4 Å². The Hall–Kier alpha value is -0.590. The number of hydrogen-bond donors (Lipinski definition) is 1. The summed E-state index contributed by atoms with van der Waals surface area (Å²) in [6.07, 6.45) is 2.53. The Balaban J connectivity index is 2.49. The molecule has 0 aliphatic heterocycles. The number of nitrogens with zero attached hydrogens (tertiary/aromatic N) is 2. The van der Waals surface area contributed by atoms with Crippen molar-refractivity contribution >= 4 is 11.8 Å². The molecule has 1 rings (SSSR count). The van der Waals surface area contributed by atoms with Crippen LogP contribution in [0.15, 0.2) is 4.52 Å². The van der Waals surface area contributed by atoms with Gasteiger partial charge in [0, 0.05) is 13.7 Å². The molecule has 0 aliphatic carbocycles. The molecule has 0 aliphatic rings. The lowest BCUT2D eigenvalue weighted by molar-refractivity contribution is 0.102. The van der Waals surface area contributed by atoms with Gasteiger partial charge in [-0.1, -0.05) is 5.16 Å². The van der Waals surface area contributed by atoms with E-state index in [1.165, 1.54) is 0 Å². The molecule has 14 heavy (non-hydrogen) atoms. The predicted octanol–water partition coefficient (Wildman–Crippen LogP) is 0.449. The molecule has 6 heteroatoms. The number of ether oxygens (including phenoxy) is 1. The fourth-order valence-corrected chi connectivity index (χ4v) is 1.39. The second kappa shape index (κ2) is 6.00. The van der Waals surface area contributed by atoms with Crippen LogP contribution >= 0.6 is 11.8 Å². The number of rotatable bonds is 6. The van der Waals surface area contributed by atoms with Gasteiger partial charge in [0.05, 0.1) is 18.3 Å². The highest BCUT2D eigenvalue weighted by Gasteiger charge is 2.12. The van der Waals surface area contributed by atoms with Crippen LogP contribution in [0.1, 0.15) is 11.7 Å². The van der Waals surface area contributed by atoms with Crippen molar-refractivity contribution in [3.8, 4) is 0 Å². The summed E-state index contributed by atoms with van der Waals surface area (Å²) in [5, 5.41) is 3.82. The van der Waals surface area contributed by atoms with Gasteiger partial charge in [0.2, 0.25) is 5.89 Å². The van der Waals surface area contributed by atoms with Crippen molar-refractivity contribution in [3.63, 3.8) is 0 Å². The van der Waals surface area contributed by atoms with E-state index in [4.69, 9.17) is 15.0 Å². The topological polar surface area (TPSA) is 74.2 Å². The summed E-state index contributed by atoms with van der Waals surface area (Å²) in [5.41, 5.74) is 5.48. The molecule has 0 saturated carbocycles. The monoisotopic (exact) mass is 217 g/mol. The van der Waals surface area contributed by atoms with E-state index in [0.717, 1.165) is 11.6 Å². The van der Waals surface area contributed by atoms with E-state index in [-0.39, 0.29) is 6.10 Å². The highest BCUT2D eigenvalue weighted by molar-refractivity contribution is 7.97. The van der Waals surface area contributed by atoms with Crippen molar-refractivity contribution in [1.29, 1.82) is 0 Å². The van der Waals surface area contributed by atoms with Gasteiger partial charge in [0.25, 0.3) is 0 Å². The van der Waals surface area contributed by atoms with E-state index in [1.54, 1.807) is 18.9 Å². The Morgan fingerprint density at radius 1 is 1.64 bits per heavy atom. The van der Waals surface area contributed by atoms with Crippen molar-refractivity contribution in [3.05, 3.63) is 11.7 Å². The molecule has 1 aromatic heterocycles. The molecule has 0 saturated heterocycles. The Bertz CT molecular complexity index is 263. The first-order chi connectivity index (χ1) is 6.80. The van der Waals surface area contributed by atoms with Crippen molar-refractivity contribution in [2.24, 2.45) is 5.73 Å². The van der Waals surface area contributed by atoms with Gasteiger partial charge >= 0.3 is 0 Å². The van der Waals surface area contributed by atoms with Crippen LogP contribution in [0, 0.1) is 0 Å². The van der Waals surface area contributed by atoms with E-state index in [2.05, 4.69) is 10.1 Å². The summed E-state index contributed by atoms with van der Waals surface area (Å²) >= 11 is 1.66. The minimum absolute atomic E-state index is 0.0439. The zero-order valence-electron chi connectivity index (χ0n) is 8.40. The van der Waals surface area contributed by atoms with Gasteiger partial charge in [-0.2, -0.15) is 16.7 Å². The molecule has 80 valence electrons. The molecule has 1 atom stereocenters. The molecule has 0 aromatic carbocycles.